The Balaban J connectivity index is 1.78. The number of hydrogen-bond acceptors (Lipinski definition) is 6. The second kappa shape index (κ2) is 5.59. The molecule has 0 saturated carbocycles. The standard InChI is InChI=1S/C14H16N6O2S2/c1-9-7-19(24(21,22)15-2)8-10-5-12(18-20(9)10)11-3-4-16-13-6-17-23-14(11)13/h3-6,9,15H,7-8H2,1-2H3/t9-/m0/s1. The number of aromatic nitrogens is 4. The maximum absolute atomic E-state index is 12.1. The van der Waals surface area contributed by atoms with E-state index in [-0.39, 0.29) is 6.04 Å². The molecule has 4 heterocycles. The Labute approximate surface area is 143 Å². The first-order chi connectivity index (χ1) is 11.5. The lowest BCUT2D eigenvalue weighted by Crippen LogP contribution is -2.44. The molecule has 0 spiro atoms. The average Bonchev–Trinajstić information content (AvgIpc) is 3.21. The molecular formula is C14H16N6O2S2. The number of rotatable bonds is 3. The van der Waals surface area contributed by atoms with Gasteiger partial charge in [0.15, 0.2) is 0 Å². The highest BCUT2D eigenvalue weighted by molar-refractivity contribution is 7.87. The number of pyridine rings is 1. The summed E-state index contributed by atoms with van der Waals surface area (Å²) in [4.78, 5) is 4.30. The molecule has 4 rings (SSSR count). The second-order valence-corrected chi connectivity index (χ2v) is 8.39. The summed E-state index contributed by atoms with van der Waals surface area (Å²) < 4.78 is 35.1. The molecule has 126 valence electrons. The number of nitrogens with zero attached hydrogens (tertiary/aromatic N) is 5. The van der Waals surface area contributed by atoms with E-state index < -0.39 is 10.2 Å². The monoisotopic (exact) mass is 364 g/mol. The molecule has 1 aliphatic rings. The fourth-order valence-electron chi connectivity index (χ4n) is 2.98. The second-order valence-electron chi connectivity index (χ2n) is 5.71. The quantitative estimate of drug-likeness (QED) is 0.758. The van der Waals surface area contributed by atoms with Crippen LogP contribution in [0.1, 0.15) is 18.7 Å². The van der Waals surface area contributed by atoms with Crippen molar-refractivity contribution in [3.63, 3.8) is 0 Å². The molecule has 0 unspecified atom stereocenters. The van der Waals surface area contributed by atoms with E-state index in [1.165, 1.54) is 22.9 Å². The van der Waals surface area contributed by atoms with E-state index in [1.807, 2.05) is 23.7 Å². The summed E-state index contributed by atoms with van der Waals surface area (Å²) in [5, 5.41) is 4.70. The summed E-state index contributed by atoms with van der Waals surface area (Å²) in [6.07, 6.45) is 3.48. The van der Waals surface area contributed by atoms with E-state index in [0.717, 1.165) is 27.2 Å². The molecule has 0 fully saturated rings. The topological polar surface area (TPSA) is 93.0 Å². The van der Waals surface area contributed by atoms with Crippen LogP contribution >= 0.6 is 11.5 Å². The first-order valence-corrected chi connectivity index (χ1v) is 9.68. The molecule has 0 aromatic carbocycles. The zero-order valence-electron chi connectivity index (χ0n) is 13.2. The Morgan fingerprint density at radius 1 is 1.42 bits per heavy atom. The first-order valence-electron chi connectivity index (χ1n) is 7.46. The van der Waals surface area contributed by atoms with Crippen molar-refractivity contribution in [3.05, 3.63) is 30.2 Å². The average molecular weight is 364 g/mol. The SMILES string of the molecule is CNS(=O)(=O)N1Cc2cc(-c3ccnc4cnsc34)nn2[C@@H](C)C1. The smallest absolute Gasteiger partial charge is 0.263 e. The predicted molar refractivity (Wildman–Crippen MR) is 91.7 cm³/mol. The van der Waals surface area contributed by atoms with Crippen molar-refractivity contribution in [1.82, 2.24) is 28.2 Å². The van der Waals surface area contributed by atoms with Gasteiger partial charge in [-0.3, -0.25) is 9.67 Å². The van der Waals surface area contributed by atoms with E-state index in [0.29, 0.717) is 13.1 Å². The third-order valence-electron chi connectivity index (χ3n) is 4.16. The summed E-state index contributed by atoms with van der Waals surface area (Å²) in [5.41, 5.74) is 3.50. The lowest BCUT2D eigenvalue weighted by atomic mass is 10.1. The molecule has 1 N–H and O–H groups in total. The van der Waals surface area contributed by atoms with Crippen molar-refractivity contribution < 1.29 is 8.42 Å². The molecule has 1 aliphatic heterocycles. The minimum Gasteiger partial charge on any atom is -0.263 e. The summed E-state index contributed by atoms with van der Waals surface area (Å²) in [5.74, 6) is 0. The zero-order chi connectivity index (χ0) is 16.9. The van der Waals surface area contributed by atoms with Crippen LogP contribution in [0.15, 0.2) is 24.5 Å². The molecule has 1 atom stereocenters. The molecule has 8 nitrogen and oxygen atoms in total. The third kappa shape index (κ3) is 2.42. The first kappa shape index (κ1) is 15.6. The van der Waals surface area contributed by atoms with Crippen molar-refractivity contribution in [2.45, 2.75) is 19.5 Å². The zero-order valence-corrected chi connectivity index (χ0v) is 14.8. The molecule has 0 aliphatic carbocycles. The highest BCUT2D eigenvalue weighted by Gasteiger charge is 2.31. The molecule has 0 bridgehead atoms. The lowest BCUT2D eigenvalue weighted by molar-refractivity contribution is 0.277. The van der Waals surface area contributed by atoms with Gasteiger partial charge >= 0.3 is 0 Å². The minimum absolute atomic E-state index is 0.0376. The lowest BCUT2D eigenvalue weighted by Gasteiger charge is -2.30. The van der Waals surface area contributed by atoms with Crippen molar-refractivity contribution in [1.29, 1.82) is 0 Å². The Hall–Kier alpha value is -1.88. The summed E-state index contributed by atoms with van der Waals surface area (Å²) >= 11 is 1.39. The number of hydrogen-bond donors (Lipinski definition) is 1. The minimum atomic E-state index is -3.45. The van der Waals surface area contributed by atoms with Gasteiger partial charge in [0.25, 0.3) is 10.2 Å². The van der Waals surface area contributed by atoms with Crippen LogP contribution < -0.4 is 4.72 Å². The Kier molecular flexibility index (Phi) is 3.64. The van der Waals surface area contributed by atoms with Gasteiger partial charge < -0.3 is 0 Å². The van der Waals surface area contributed by atoms with Gasteiger partial charge in [-0.1, -0.05) is 0 Å². The van der Waals surface area contributed by atoms with Gasteiger partial charge in [-0.15, -0.1) is 0 Å². The van der Waals surface area contributed by atoms with Gasteiger partial charge in [0.05, 0.1) is 34.9 Å². The van der Waals surface area contributed by atoms with E-state index in [1.54, 1.807) is 12.4 Å². The summed E-state index contributed by atoms with van der Waals surface area (Å²) in [6.45, 7) is 2.66. The van der Waals surface area contributed by atoms with E-state index in [2.05, 4.69) is 14.1 Å². The summed E-state index contributed by atoms with van der Waals surface area (Å²) in [6, 6.07) is 3.83. The number of fused-ring (bicyclic) bond motifs is 2. The van der Waals surface area contributed by atoms with Gasteiger partial charge in [0, 0.05) is 25.4 Å². The van der Waals surface area contributed by atoms with E-state index >= 15 is 0 Å². The van der Waals surface area contributed by atoms with Gasteiger partial charge in [-0.2, -0.15) is 22.2 Å². The van der Waals surface area contributed by atoms with Crippen LogP contribution in [0, 0.1) is 0 Å². The molecule has 10 heteroatoms. The molecule has 3 aromatic heterocycles. The Morgan fingerprint density at radius 2 is 2.25 bits per heavy atom. The van der Waals surface area contributed by atoms with E-state index in [4.69, 9.17) is 5.10 Å². The third-order valence-corrected chi connectivity index (χ3v) is 6.46. The molecular weight excluding hydrogens is 348 g/mol. The van der Waals surface area contributed by atoms with Crippen LogP contribution in [0.5, 0.6) is 0 Å². The largest absolute Gasteiger partial charge is 0.279 e. The molecule has 3 aromatic rings. The normalized spacial score (nSPS) is 18.8. The summed E-state index contributed by atoms with van der Waals surface area (Å²) in [7, 11) is -2.03. The van der Waals surface area contributed by atoms with Gasteiger partial charge in [0.1, 0.15) is 5.52 Å². The molecule has 24 heavy (non-hydrogen) atoms. The highest BCUT2D eigenvalue weighted by Crippen LogP contribution is 2.32. The van der Waals surface area contributed by atoms with Crippen LogP contribution in [0.3, 0.4) is 0 Å². The van der Waals surface area contributed by atoms with Crippen LogP contribution in [0.2, 0.25) is 0 Å². The molecule has 0 radical (unpaired) electrons. The number of nitrogens with one attached hydrogen (secondary N) is 1. The van der Waals surface area contributed by atoms with Crippen molar-refractivity contribution in [2.75, 3.05) is 13.6 Å². The van der Waals surface area contributed by atoms with Crippen molar-refractivity contribution in [2.24, 2.45) is 0 Å². The fraction of sp³-hybridized carbons (Fsp3) is 0.357. The van der Waals surface area contributed by atoms with Crippen LogP contribution in [0.25, 0.3) is 21.5 Å². The van der Waals surface area contributed by atoms with Gasteiger partial charge in [-0.05, 0) is 30.6 Å². The van der Waals surface area contributed by atoms with E-state index in [9.17, 15) is 8.42 Å². The van der Waals surface area contributed by atoms with Crippen LogP contribution in [0.4, 0.5) is 0 Å². The van der Waals surface area contributed by atoms with Gasteiger partial charge in [0.2, 0.25) is 0 Å². The molecule has 0 saturated heterocycles. The van der Waals surface area contributed by atoms with Crippen molar-refractivity contribution >= 4 is 32.0 Å². The fourth-order valence-corrected chi connectivity index (χ4v) is 4.68. The Bertz CT molecular complexity index is 1010. The van der Waals surface area contributed by atoms with Crippen molar-refractivity contribution in [3.8, 4) is 11.3 Å². The van der Waals surface area contributed by atoms with Crippen LogP contribution in [-0.2, 0) is 16.8 Å². The predicted octanol–water partition coefficient (Wildman–Crippen LogP) is 1.40. The maximum Gasteiger partial charge on any atom is 0.279 e. The Morgan fingerprint density at radius 3 is 3.04 bits per heavy atom. The van der Waals surface area contributed by atoms with Crippen LogP contribution in [-0.4, -0.2) is 45.5 Å². The van der Waals surface area contributed by atoms with Gasteiger partial charge in [-0.25, -0.2) is 4.72 Å². The maximum atomic E-state index is 12.1. The molecule has 0 amide bonds. The highest BCUT2D eigenvalue weighted by atomic mass is 32.2.